The van der Waals surface area contributed by atoms with Crippen LogP contribution in [0.15, 0.2) is 29.4 Å². The number of hydrazone groups is 1. The molecule has 1 saturated heterocycles. The van der Waals surface area contributed by atoms with Gasteiger partial charge in [0, 0.05) is 31.9 Å². The summed E-state index contributed by atoms with van der Waals surface area (Å²) in [6, 6.07) is 8.68. The van der Waals surface area contributed by atoms with E-state index in [0.717, 1.165) is 18.7 Å². The van der Waals surface area contributed by atoms with E-state index in [2.05, 4.69) is 45.0 Å². The molecule has 132 valence electrons. The summed E-state index contributed by atoms with van der Waals surface area (Å²) in [7, 11) is 1.67. The first-order chi connectivity index (χ1) is 11.7. The predicted molar refractivity (Wildman–Crippen MR) is 105 cm³/mol. The zero-order valence-corrected chi connectivity index (χ0v) is 15.4. The van der Waals surface area contributed by atoms with Crippen LogP contribution in [0, 0.1) is 0 Å². The molecule has 0 saturated carbocycles. The second-order valence-electron chi connectivity index (χ2n) is 6.19. The number of hydrogen-bond acceptors (Lipinski definition) is 4. The van der Waals surface area contributed by atoms with Gasteiger partial charge in [0.05, 0.1) is 12.8 Å². The summed E-state index contributed by atoms with van der Waals surface area (Å²) < 4.78 is 5.05. The summed E-state index contributed by atoms with van der Waals surface area (Å²) in [5.41, 5.74) is 5.18. The van der Waals surface area contributed by atoms with Crippen molar-refractivity contribution in [3.63, 3.8) is 0 Å². The number of thiocarbonyl (C=S) groups is 1. The SMILES string of the molecule is COC[C@H](C)NC(=S)N/N=C\c1ccc(N2CCCCCC2)cc1. The second kappa shape index (κ2) is 10.3. The minimum Gasteiger partial charge on any atom is -0.383 e. The molecule has 1 fully saturated rings. The van der Waals surface area contributed by atoms with Gasteiger partial charge < -0.3 is 15.0 Å². The molecule has 0 unspecified atom stereocenters. The fourth-order valence-corrected chi connectivity index (χ4v) is 3.07. The van der Waals surface area contributed by atoms with E-state index in [1.807, 2.05) is 6.92 Å². The molecule has 2 N–H and O–H groups in total. The van der Waals surface area contributed by atoms with Crippen molar-refractivity contribution >= 4 is 29.2 Å². The van der Waals surface area contributed by atoms with Crippen molar-refractivity contribution in [1.29, 1.82) is 0 Å². The van der Waals surface area contributed by atoms with Gasteiger partial charge in [-0.3, -0.25) is 5.43 Å². The third-order valence-corrected chi connectivity index (χ3v) is 4.25. The van der Waals surface area contributed by atoms with Crippen molar-refractivity contribution in [2.24, 2.45) is 5.10 Å². The van der Waals surface area contributed by atoms with Gasteiger partial charge in [-0.1, -0.05) is 25.0 Å². The lowest BCUT2D eigenvalue weighted by molar-refractivity contribution is 0.179. The molecular weight excluding hydrogens is 320 g/mol. The molecule has 1 atom stereocenters. The van der Waals surface area contributed by atoms with Gasteiger partial charge in [-0.15, -0.1) is 0 Å². The highest BCUT2D eigenvalue weighted by atomic mass is 32.1. The smallest absolute Gasteiger partial charge is 0.187 e. The van der Waals surface area contributed by atoms with E-state index in [1.54, 1.807) is 13.3 Å². The lowest BCUT2D eigenvalue weighted by Crippen LogP contribution is -2.40. The van der Waals surface area contributed by atoms with Crippen LogP contribution in [-0.2, 0) is 4.74 Å². The maximum Gasteiger partial charge on any atom is 0.187 e. The zero-order chi connectivity index (χ0) is 17.2. The van der Waals surface area contributed by atoms with Crippen molar-refractivity contribution < 1.29 is 4.74 Å². The molecule has 0 spiro atoms. The van der Waals surface area contributed by atoms with Crippen LogP contribution >= 0.6 is 12.2 Å². The van der Waals surface area contributed by atoms with E-state index in [0.29, 0.717) is 11.7 Å². The van der Waals surface area contributed by atoms with Gasteiger partial charge in [0.25, 0.3) is 0 Å². The Morgan fingerprint density at radius 3 is 2.54 bits per heavy atom. The van der Waals surface area contributed by atoms with E-state index < -0.39 is 0 Å². The lowest BCUT2D eigenvalue weighted by atomic mass is 10.2. The molecule has 1 aliphatic rings. The van der Waals surface area contributed by atoms with E-state index in [1.165, 1.54) is 31.4 Å². The first-order valence-corrected chi connectivity index (χ1v) is 9.03. The molecule has 1 heterocycles. The molecular formula is C18H28N4OS. The molecule has 6 heteroatoms. The molecule has 24 heavy (non-hydrogen) atoms. The largest absolute Gasteiger partial charge is 0.383 e. The zero-order valence-electron chi connectivity index (χ0n) is 14.6. The lowest BCUT2D eigenvalue weighted by Gasteiger charge is -2.22. The van der Waals surface area contributed by atoms with E-state index >= 15 is 0 Å². The van der Waals surface area contributed by atoms with Crippen LogP contribution in [0.4, 0.5) is 5.69 Å². The van der Waals surface area contributed by atoms with Gasteiger partial charge in [-0.05, 0) is 49.7 Å². The average molecular weight is 349 g/mol. The fraction of sp³-hybridized carbons (Fsp3) is 0.556. The van der Waals surface area contributed by atoms with Crippen molar-refractivity contribution in [2.75, 3.05) is 31.7 Å². The number of nitrogens with zero attached hydrogens (tertiary/aromatic N) is 2. The number of benzene rings is 1. The normalized spacial score (nSPS) is 16.7. The Balaban J connectivity index is 1.81. The van der Waals surface area contributed by atoms with Crippen molar-refractivity contribution in [1.82, 2.24) is 10.7 Å². The minimum atomic E-state index is 0.151. The summed E-state index contributed by atoms with van der Waals surface area (Å²) in [6.07, 6.45) is 7.06. The number of ether oxygens (including phenoxy) is 1. The summed E-state index contributed by atoms with van der Waals surface area (Å²) >= 11 is 5.18. The first-order valence-electron chi connectivity index (χ1n) is 8.62. The molecule has 1 aromatic rings. The average Bonchev–Trinajstić information content (AvgIpc) is 2.85. The molecule has 5 nitrogen and oxygen atoms in total. The van der Waals surface area contributed by atoms with E-state index in [9.17, 15) is 0 Å². The van der Waals surface area contributed by atoms with Crippen LogP contribution in [0.3, 0.4) is 0 Å². The monoisotopic (exact) mass is 348 g/mol. The minimum absolute atomic E-state index is 0.151. The van der Waals surface area contributed by atoms with Gasteiger partial charge in [0.1, 0.15) is 0 Å². The topological polar surface area (TPSA) is 48.9 Å². The van der Waals surface area contributed by atoms with Gasteiger partial charge >= 0.3 is 0 Å². The number of hydrogen-bond donors (Lipinski definition) is 2. The van der Waals surface area contributed by atoms with Gasteiger partial charge in [0.15, 0.2) is 5.11 Å². The standard InChI is InChI=1S/C18H28N4OS/c1-15(14-23-2)20-18(24)21-19-13-16-7-9-17(10-8-16)22-11-5-3-4-6-12-22/h7-10,13,15H,3-6,11-12,14H2,1-2H3,(H2,20,21,24)/b19-13-/t15-/m0/s1. The van der Waals surface area contributed by atoms with Crippen molar-refractivity contribution in [3.05, 3.63) is 29.8 Å². The maximum absolute atomic E-state index is 5.18. The Hall–Kier alpha value is -1.66. The summed E-state index contributed by atoms with van der Waals surface area (Å²) in [5.74, 6) is 0. The molecule has 0 amide bonds. The maximum atomic E-state index is 5.18. The molecule has 0 bridgehead atoms. The van der Waals surface area contributed by atoms with Crippen LogP contribution in [0.5, 0.6) is 0 Å². The first kappa shape index (κ1) is 18.7. The summed E-state index contributed by atoms with van der Waals surface area (Å²) in [5, 5.41) is 7.78. The number of rotatable bonds is 6. The van der Waals surface area contributed by atoms with Crippen LogP contribution in [0.1, 0.15) is 38.2 Å². The Bertz CT molecular complexity index is 524. The molecule has 1 aromatic carbocycles. The number of nitrogens with one attached hydrogen (secondary N) is 2. The Morgan fingerprint density at radius 2 is 1.92 bits per heavy atom. The third kappa shape index (κ3) is 6.45. The van der Waals surface area contributed by atoms with Gasteiger partial charge in [-0.25, -0.2) is 0 Å². The molecule has 0 radical (unpaired) electrons. The summed E-state index contributed by atoms with van der Waals surface area (Å²) in [4.78, 5) is 2.47. The van der Waals surface area contributed by atoms with Crippen molar-refractivity contribution in [3.8, 4) is 0 Å². The second-order valence-corrected chi connectivity index (χ2v) is 6.60. The van der Waals surface area contributed by atoms with Gasteiger partial charge in [0.2, 0.25) is 0 Å². The predicted octanol–water partition coefficient (Wildman–Crippen LogP) is 2.90. The van der Waals surface area contributed by atoms with Crippen LogP contribution in [0.25, 0.3) is 0 Å². The highest BCUT2D eigenvalue weighted by molar-refractivity contribution is 7.80. The number of anilines is 1. The van der Waals surface area contributed by atoms with Crippen molar-refractivity contribution in [2.45, 2.75) is 38.6 Å². The molecule has 0 aliphatic carbocycles. The molecule has 2 rings (SSSR count). The van der Waals surface area contributed by atoms with Crippen LogP contribution in [0.2, 0.25) is 0 Å². The quantitative estimate of drug-likeness (QED) is 0.470. The Kier molecular flexibility index (Phi) is 7.98. The van der Waals surface area contributed by atoms with Gasteiger partial charge in [-0.2, -0.15) is 5.10 Å². The molecule has 1 aliphatic heterocycles. The third-order valence-electron chi connectivity index (χ3n) is 4.04. The van der Waals surface area contributed by atoms with Crippen LogP contribution < -0.4 is 15.6 Å². The highest BCUT2D eigenvalue weighted by Crippen LogP contribution is 2.19. The number of methoxy groups -OCH3 is 1. The highest BCUT2D eigenvalue weighted by Gasteiger charge is 2.09. The Morgan fingerprint density at radius 1 is 1.25 bits per heavy atom. The molecule has 0 aromatic heterocycles. The fourth-order valence-electron chi connectivity index (χ4n) is 2.81. The van der Waals surface area contributed by atoms with Crippen LogP contribution in [-0.4, -0.2) is 44.2 Å². The Labute approximate surface area is 150 Å². The summed E-state index contributed by atoms with van der Waals surface area (Å²) in [6.45, 7) is 4.93. The van der Waals surface area contributed by atoms with E-state index in [-0.39, 0.29) is 6.04 Å². The van der Waals surface area contributed by atoms with E-state index in [4.69, 9.17) is 17.0 Å².